The summed E-state index contributed by atoms with van der Waals surface area (Å²) in [6, 6.07) is 0.273. The fourth-order valence-electron chi connectivity index (χ4n) is 1.25. The molecular formula is C9H12FN5. The van der Waals surface area contributed by atoms with E-state index in [1.54, 1.807) is 0 Å². The molecule has 0 bridgehead atoms. The number of fused-ring (bicyclic) bond motifs is 1. The molecule has 2 N–H and O–H groups in total. The Bertz CT molecular complexity index is 466. The van der Waals surface area contributed by atoms with Crippen LogP contribution in [0.1, 0.15) is 20.3 Å². The molecular weight excluding hydrogens is 197 g/mol. The van der Waals surface area contributed by atoms with Crippen LogP contribution in [0.2, 0.25) is 0 Å². The molecule has 1 unspecified atom stereocenters. The summed E-state index contributed by atoms with van der Waals surface area (Å²) in [5.74, 6) is 0.589. The van der Waals surface area contributed by atoms with Gasteiger partial charge in [-0.15, -0.1) is 0 Å². The molecule has 2 heterocycles. The lowest BCUT2D eigenvalue weighted by molar-refractivity contribution is 0.556. The number of anilines is 1. The number of imidazole rings is 1. The second-order valence-electron chi connectivity index (χ2n) is 3.40. The molecule has 0 aliphatic heterocycles. The number of rotatable bonds is 3. The highest BCUT2D eigenvalue weighted by Crippen LogP contribution is 2.17. The van der Waals surface area contributed by atoms with E-state index in [0.717, 1.165) is 6.42 Å². The number of hydrogen-bond acceptors (Lipinski definition) is 4. The molecule has 2 rings (SSSR count). The van der Waals surface area contributed by atoms with Gasteiger partial charge in [0.15, 0.2) is 11.5 Å². The summed E-state index contributed by atoms with van der Waals surface area (Å²) in [6.45, 7) is 4.09. The van der Waals surface area contributed by atoms with Crippen LogP contribution in [0.15, 0.2) is 6.33 Å². The van der Waals surface area contributed by atoms with E-state index in [2.05, 4.69) is 32.2 Å². The molecule has 15 heavy (non-hydrogen) atoms. The van der Waals surface area contributed by atoms with Gasteiger partial charge in [0.25, 0.3) is 6.08 Å². The molecule has 0 aromatic carbocycles. The maximum absolute atomic E-state index is 12.9. The molecule has 6 heteroatoms. The molecule has 0 aliphatic carbocycles. The molecule has 0 saturated carbocycles. The van der Waals surface area contributed by atoms with Crippen LogP contribution in [-0.4, -0.2) is 26.0 Å². The van der Waals surface area contributed by atoms with E-state index in [4.69, 9.17) is 0 Å². The zero-order chi connectivity index (χ0) is 10.8. The molecule has 0 spiro atoms. The number of H-pyrrole nitrogens is 1. The minimum absolute atomic E-state index is 0.273. The van der Waals surface area contributed by atoms with Crippen molar-refractivity contribution in [2.75, 3.05) is 5.32 Å². The Morgan fingerprint density at radius 3 is 3.07 bits per heavy atom. The van der Waals surface area contributed by atoms with Crippen molar-refractivity contribution in [3.8, 4) is 0 Å². The van der Waals surface area contributed by atoms with Gasteiger partial charge in [0, 0.05) is 6.04 Å². The van der Waals surface area contributed by atoms with Gasteiger partial charge in [0.1, 0.15) is 11.8 Å². The van der Waals surface area contributed by atoms with E-state index >= 15 is 0 Å². The van der Waals surface area contributed by atoms with Crippen molar-refractivity contribution in [3.63, 3.8) is 0 Å². The normalized spacial score (nSPS) is 13.0. The maximum Gasteiger partial charge on any atom is 0.289 e. The van der Waals surface area contributed by atoms with Crippen molar-refractivity contribution in [2.45, 2.75) is 26.3 Å². The highest BCUT2D eigenvalue weighted by atomic mass is 19.1. The largest absolute Gasteiger partial charge is 0.366 e. The first-order chi connectivity index (χ1) is 7.20. The average molecular weight is 209 g/mol. The van der Waals surface area contributed by atoms with E-state index in [9.17, 15) is 4.39 Å². The van der Waals surface area contributed by atoms with Crippen LogP contribution in [0.25, 0.3) is 11.2 Å². The van der Waals surface area contributed by atoms with Gasteiger partial charge in [-0.05, 0) is 13.3 Å². The molecule has 0 aliphatic rings. The summed E-state index contributed by atoms with van der Waals surface area (Å²) in [6.07, 6.45) is 1.69. The Morgan fingerprint density at radius 1 is 1.53 bits per heavy atom. The Balaban J connectivity index is 2.41. The first-order valence-electron chi connectivity index (χ1n) is 4.83. The lowest BCUT2D eigenvalue weighted by Gasteiger charge is -2.11. The molecule has 1 atom stereocenters. The molecule has 0 fully saturated rings. The quantitative estimate of drug-likeness (QED) is 0.755. The number of nitrogens with one attached hydrogen (secondary N) is 2. The monoisotopic (exact) mass is 209 g/mol. The highest BCUT2D eigenvalue weighted by molar-refractivity contribution is 5.82. The van der Waals surface area contributed by atoms with Crippen molar-refractivity contribution >= 4 is 17.0 Å². The third-order valence-corrected chi connectivity index (χ3v) is 2.25. The highest BCUT2D eigenvalue weighted by Gasteiger charge is 2.10. The van der Waals surface area contributed by atoms with Crippen LogP contribution in [0.4, 0.5) is 10.2 Å². The number of halogens is 1. The zero-order valence-corrected chi connectivity index (χ0v) is 8.58. The molecule has 0 amide bonds. The topological polar surface area (TPSA) is 66.5 Å². The molecule has 5 nitrogen and oxygen atoms in total. The number of nitrogens with zero attached hydrogens (tertiary/aromatic N) is 3. The fourth-order valence-corrected chi connectivity index (χ4v) is 1.25. The summed E-state index contributed by atoms with van der Waals surface area (Å²) in [7, 11) is 0. The standard InChI is InChI=1S/C9H12FN5/c1-3-5(2)13-7-6-8(12-4-11-7)15-9(10)14-6/h4-5H,3H2,1-2H3,(H2,11,12,13,14,15). The number of aromatic nitrogens is 4. The molecule has 2 aromatic heterocycles. The van der Waals surface area contributed by atoms with Crippen molar-refractivity contribution in [2.24, 2.45) is 0 Å². The minimum Gasteiger partial charge on any atom is -0.366 e. The van der Waals surface area contributed by atoms with E-state index < -0.39 is 6.08 Å². The van der Waals surface area contributed by atoms with Crippen LogP contribution < -0.4 is 5.32 Å². The summed E-state index contributed by atoms with van der Waals surface area (Å²) < 4.78 is 12.9. The average Bonchev–Trinajstić information content (AvgIpc) is 2.59. The van der Waals surface area contributed by atoms with Crippen LogP contribution >= 0.6 is 0 Å². The summed E-state index contributed by atoms with van der Waals surface area (Å²) in [5, 5.41) is 3.16. The molecule has 80 valence electrons. The van der Waals surface area contributed by atoms with Gasteiger partial charge in [-0.2, -0.15) is 9.37 Å². The van der Waals surface area contributed by atoms with E-state index in [-0.39, 0.29) is 6.04 Å². The number of hydrogen-bond donors (Lipinski definition) is 2. The molecule has 2 aromatic rings. The summed E-state index contributed by atoms with van der Waals surface area (Å²) in [5.41, 5.74) is 0.851. The Hall–Kier alpha value is -1.72. The molecule has 0 saturated heterocycles. The van der Waals surface area contributed by atoms with Crippen LogP contribution in [-0.2, 0) is 0 Å². The van der Waals surface area contributed by atoms with Gasteiger partial charge in [-0.3, -0.25) is 0 Å². The van der Waals surface area contributed by atoms with Crippen LogP contribution in [0, 0.1) is 6.08 Å². The van der Waals surface area contributed by atoms with Crippen molar-refractivity contribution in [1.82, 2.24) is 19.9 Å². The van der Waals surface area contributed by atoms with Gasteiger partial charge in [-0.25, -0.2) is 9.97 Å². The van der Waals surface area contributed by atoms with Crippen molar-refractivity contribution in [3.05, 3.63) is 12.4 Å². The minimum atomic E-state index is -0.641. The maximum atomic E-state index is 12.9. The zero-order valence-electron chi connectivity index (χ0n) is 8.58. The van der Waals surface area contributed by atoms with E-state index in [0.29, 0.717) is 17.0 Å². The summed E-state index contributed by atoms with van der Waals surface area (Å²) >= 11 is 0. The van der Waals surface area contributed by atoms with Crippen LogP contribution in [0.3, 0.4) is 0 Å². The Morgan fingerprint density at radius 2 is 2.33 bits per heavy atom. The van der Waals surface area contributed by atoms with Gasteiger partial charge < -0.3 is 10.3 Å². The van der Waals surface area contributed by atoms with Gasteiger partial charge in [0.2, 0.25) is 0 Å². The Labute approximate surface area is 86.2 Å². The SMILES string of the molecule is CCC(C)Nc1ncnc2nc(F)[nH]c12. The number of aromatic amines is 1. The van der Waals surface area contributed by atoms with Gasteiger partial charge in [0.05, 0.1) is 0 Å². The Kier molecular flexibility index (Phi) is 2.49. The lowest BCUT2D eigenvalue weighted by Crippen LogP contribution is -2.14. The third-order valence-electron chi connectivity index (χ3n) is 2.25. The van der Waals surface area contributed by atoms with Crippen molar-refractivity contribution < 1.29 is 4.39 Å². The second kappa shape index (κ2) is 3.80. The molecule has 0 radical (unpaired) electrons. The van der Waals surface area contributed by atoms with E-state index in [1.165, 1.54) is 6.33 Å². The predicted octanol–water partition coefficient (Wildman–Crippen LogP) is 1.70. The third kappa shape index (κ3) is 1.88. The van der Waals surface area contributed by atoms with Crippen molar-refractivity contribution in [1.29, 1.82) is 0 Å². The van der Waals surface area contributed by atoms with Gasteiger partial charge in [-0.1, -0.05) is 6.92 Å². The first kappa shape index (κ1) is 9.82. The second-order valence-corrected chi connectivity index (χ2v) is 3.40. The predicted molar refractivity (Wildman–Crippen MR) is 55.0 cm³/mol. The summed E-state index contributed by atoms with van der Waals surface area (Å²) in [4.78, 5) is 14.0. The first-order valence-corrected chi connectivity index (χ1v) is 4.83. The van der Waals surface area contributed by atoms with E-state index in [1.807, 2.05) is 6.92 Å². The fraction of sp³-hybridized carbons (Fsp3) is 0.444. The smallest absolute Gasteiger partial charge is 0.289 e. The van der Waals surface area contributed by atoms with Gasteiger partial charge >= 0.3 is 0 Å². The van der Waals surface area contributed by atoms with Crippen LogP contribution in [0.5, 0.6) is 0 Å². The lowest BCUT2D eigenvalue weighted by atomic mass is 10.2.